The number of benzene rings is 1. The van der Waals surface area contributed by atoms with Crippen LogP contribution in [0.15, 0.2) is 30.7 Å². The van der Waals surface area contributed by atoms with Crippen molar-refractivity contribution in [2.24, 2.45) is 0 Å². The molecule has 0 radical (unpaired) electrons. The number of hydrogen-bond acceptors (Lipinski definition) is 2. The second-order valence-electron chi connectivity index (χ2n) is 3.44. The normalized spacial score (nSPS) is 10.5. The predicted molar refractivity (Wildman–Crippen MR) is 64.9 cm³/mol. The maximum atomic E-state index is 10.5. The van der Waals surface area contributed by atoms with Gasteiger partial charge in [-0.05, 0) is 18.2 Å². The van der Waals surface area contributed by atoms with Gasteiger partial charge in [0, 0.05) is 11.9 Å². The summed E-state index contributed by atoms with van der Waals surface area (Å²) in [4.78, 5) is 14.5. The standard InChI is InChI=1S/C11H8Cl2N2O2/c12-9-2-1-8(4-10(9)13)15-5-7(14-6-15)3-11(16)17/h1-2,4-6H,3H2,(H,16,17). The molecule has 0 spiro atoms. The van der Waals surface area contributed by atoms with Crippen molar-refractivity contribution < 1.29 is 9.90 Å². The number of imidazole rings is 1. The molecule has 6 heteroatoms. The van der Waals surface area contributed by atoms with Crippen molar-refractivity contribution in [1.29, 1.82) is 0 Å². The third-order valence-electron chi connectivity index (χ3n) is 2.17. The van der Waals surface area contributed by atoms with Crippen molar-refractivity contribution in [1.82, 2.24) is 9.55 Å². The van der Waals surface area contributed by atoms with Crippen LogP contribution in [-0.4, -0.2) is 20.6 Å². The van der Waals surface area contributed by atoms with E-state index in [2.05, 4.69) is 4.98 Å². The van der Waals surface area contributed by atoms with Crippen molar-refractivity contribution in [2.45, 2.75) is 6.42 Å². The molecule has 1 N–H and O–H groups in total. The zero-order chi connectivity index (χ0) is 12.4. The quantitative estimate of drug-likeness (QED) is 0.933. The third kappa shape index (κ3) is 2.78. The molecule has 0 unspecified atom stereocenters. The Bertz CT molecular complexity index is 566. The molecule has 0 aliphatic carbocycles. The molecular weight excluding hydrogens is 263 g/mol. The highest BCUT2D eigenvalue weighted by atomic mass is 35.5. The molecule has 17 heavy (non-hydrogen) atoms. The summed E-state index contributed by atoms with van der Waals surface area (Å²) in [6.07, 6.45) is 3.08. The van der Waals surface area contributed by atoms with E-state index in [-0.39, 0.29) is 6.42 Å². The molecule has 2 aromatic rings. The minimum atomic E-state index is -0.913. The molecule has 2 rings (SSSR count). The average Bonchev–Trinajstić information content (AvgIpc) is 2.69. The van der Waals surface area contributed by atoms with Gasteiger partial charge in [-0.3, -0.25) is 4.79 Å². The minimum absolute atomic E-state index is 0.103. The molecule has 1 heterocycles. The number of nitrogens with zero attached hydrogens (tertiary/aromatic N) is 2. The Labute approximate surface area is 107 Å². The SMILES string of the molecule is O=C(O)Cc1cn(-c2ccc(Cl)c(Cl)c2)cn1. The second kappa shape index (κ2) is 4.77. The Morgan fingerprint density at radius 2 is 2.12 bits per heavy atom. The zero-order valence-electron chi connectivity index (χ0n) is 8.60. The number of carboxylic acids is 1. The van der Waals surface area contributed by atoms with Gasteiger partial charge in [-0.1, -0.05) is 23.2 Å². The Morgan fingerprint density at radius 1 is 1.35 bits per heavy atom. The molecular formula is C11H8Cl2N2O2. The summed E-state index contributed by atoms with van der Waals surface area (Å²) < 4.78 is 1.69. The smallest absolute Gasteiger partial charge is 0.309 e. The van der Waals surface area contributed by atoms with Crippen molar-refractivity contribution in [3.05, 3.63) is 46.5 Å². The van der Waals surface area contributed by atoms with E-state index in [0.717, 1.165) is 5.69 Å². The van der Waals surface area contributed by atoms with E-state index in [1.165, 1.54) is 6.33 Å². The third-order valence-corrected chi connectivity index (χ3v) is 2.91. The highest BCUT2D eigenvalue weighted by molar-refractivity contribution is 6.42. The van der Waals surface area contributed by atoms with Crippen molar-refractivity contribution in [3.63, 3.8) is 0 Å². The van der Waals surface area contributed by atoms with Crippen LogP contribution in [0.3, 0.4) is 0 Å². The van der Waals surface area contributed by atoms with Gasteiger partial charge < -0.3 is 9.67 Å². The van der Waals surface area contributed by atoms with E-state index in [0.29, 0.717) is 15.7 Å². The van der Waals surface area contributed by atoms with Gasteiger partial charge in [0.1, 0.15) is 0 Å². The number of aromatic nitrogens is 2. The van der Waals surface area contributed by atoms with Crippen LogP contribution >= 0.6 is 23.2 Å². The fraction of sp³-hybridized carbons (Fsp3) is 0.0909. The first-order chi connectivity index (χ1) is 8.06. The summed E-state index contributed by atoms with van der Waals surface area (Å²) in [6, 6.07) is 5.15. The van der Waals surface area contributed by atoms with Gasteiger partial charge >= 0.3 is 5.97 Å². The zero-order valence-corrected chi connectivity index (χ0v) is 10.1. The van der Waals surface area contributed by atoms with Crippen LogP contribution in [0, 0.1) is 0 Å². The van der Waals surface area contributed by atoms with Crippen molar-refractivity contribution in [2.75, 3.05) is 0 Å². The van der Waals surface area contributed by atoms with Gasteiger partial charge in [0.05, 0.1) is 28.5 Å². The summed E-state index contributed by atoms with van der Waals surface area (Å²) >= 11 is 11.7. The van der Waals surface area contributed by atoms with E-state index < -0.39 is 5.97 Å². The van der Waals surface area contributed by atoms with Gasteiger partial charge in [-0.15, -0.1) is 0 Å². The monoisotopic (exact) mass is 270 g/mol. The molecule has 0 amide bonds. The maximum Gasteiger partial charge on any atom is 0.309 e. The molecule has 1 aromatic carbocycles. The first-order valence-electron chi connectivity index (χ1n) is 4.76. The number of halogens is 2. The molecule has 0 saturated carbocycles. The van der Waals surface area contributed by atoms with Gasteiger partial charge in [-0.2, -0.15) is 0 Å². The molecule has 4 nitrogen and oxygen atoms in total. The van der Waals surface area contributed by atoms with Crippen LogP contribution in [0.2, 0.25) is 10.0 Å². The Hall–Kier alpha value is -1.52. The van der Waals surface area contributed by atoms with E-state index in [1.807, 2.05) is 0 Å². The number of rotatable bonds is 3. The summed E-state index contributed by atoms with van der Waals surface area (Å²) in [6.45, 7) is 0. The van der Waals surface area contributed by atoms with Crippen LogP contribution in [-0.2, 0) is 11.2 Å². The fourth-order valence-electron chi connectivity index (χ4n) is 1.40. The Balaban J connectivity index is 2.30. The minimum Gasteiger partial charge on any atom is -0.481 e. The number of hydrogen-bond donors (Lipinski definition) is 1. The van der Waals surface area contributed by atoms with Gasteiger partial charge in [0.25, 0.3) is 0 Å². The lowest BCUT2D eigenvalue weighted by molar-refractivity contribution is -0.136. The van der Waals surface area contributed by atoms with Crippen molar-refractivity contribution in [3.8, 4) is 5.69 Å². The lowest BCUT2D eigenvalue weighted by Crippen LogP contribution is -1.99. The number of carboxylic acid groups (broad SMARTS) is 1. The molecule has 0 atom stereocenters. The van der Waals surface area contributed by atoms with Crippen LogP contribution in [0.25, 0.3) is 5.69 Å². The highest BCUT2D eigenvalue weighted by Crippen LogP contribution is 2.24. The summed E-state index contributed by atoms with van der Waals surface area (Å²) in [5.41, 5.74) is 1.27. The largest absolute Gasteiger partial charge is 0.481 e. The van der Waals surface area contributed by atoms with Gasteiger partial charge in [0.2, 0.25) is 0 Å². The Morgan fingerprint density at radius 3 is 2.76 bits per heavy atom. The fourth-order valence-corrected chi connectivity index (χ4v) is 1.69. The van der Waals surface area contributed by atoms with Crippen LogP contribution in [0.5, 0.6) is 0 Å². The van der Waals surface area contributed by atoms with E-state index in [9.17, 15) is 4.79 Å². The molecule has 0 saturated heterocycles. The van der Waals surface area contributed by atoms with E-state index >= 15 is 0 Å². The summed E-state index contributed by atoms with van der Waals surface area (Å²) in [7, 11) is 0. The molecule has 88 valence electrons. The van der Waals surface area contributed by atoms with Crippen LogP contribution in [0.1, 0.15) is 5.69 Å². The van der Waals surface area contributed by atoms with E-state index in [1.54, 1.807) is 29.0 Å². The summed E-state index contributed by atoms with van der Waals surface area (Å²) in [5.74, 6) is -0.913. The van der Waals surface area contributed by atoms with E-state index in [4.69, 9.17) is 28.3 Å². The van der Waals surface area contributed by atoms with Crippen molar-refractivity contribution >= 4 is 29.2 Å². The number of aliphatic carboxylic acids is 1. The average molecular weight is 271 g/mol. The molecule has 1 aromatic heterocycles. The van der Waals surface area contributed by atoms with Crippen LogP contribution in [0.4, 0.5) is 0 Å². The number of carbonyl (C=O) groups is 1. The van der Waals surface area contributed by atoms with Gasteiger partial charge in [-0.25, -0.2) is 4.98 Å². The predicted octanol–water partition coefficient (Wildman–Crippen LogP) is 2.81. The lowest BCUT2D eigenvalue weighted by atomic mass is 10.3. The molecule has 0 bridgehead atoms. The highest BCUT2D eigenvalue weighted by Gasteiger charge is 2.06. The summed E-state index contributed by atoms with van der Waals surface area (Å²) in [5, 5.41) is 9.56. The first kappa shape index (κ1) is 12.0. The molecule has 0 aliphatic rings. The van der Waals surface area contributed by atoms with Gasteiger partial charge in [0.15, 0.2) is 0 Å². The first-order valence-corrected chi connectivity index (χ1v) is 5.52. The molecule has 0 fully saturated rings. The second-order valence-corrected chi connectivity index (χ2v) is 4.26. The van der Waals surface area contributed by atoms with Crippen LogP contribution < -0.4 is 0 Å². The molecule has 0 aliphatic heterocycles. The lowest BCUT2D eigenvalue weighted by Gasteiger charge is -2.03. The maximum absolute atomic E-state index is 10.5. The topological polar surface area (TPSA) is 55.1 Å². The Kier molecular flexibility index (Phi) is 3.36.